The van der Waals surface area contributed by atoms with E-state index in [1.165, 1.54) is 36.6 Å². The maximum absolute atomic E-state index is 12.0. The number of carbonyl (C=O) groups excluding carboxylic acids is 2. The normalized spacial score (nSPS) is 11.0. The lowest BCUT2D eigenvalue weighted by Gasteiger charge is -2.08. The van der Waals surface area contributed by atoms with Crippen LogP contribution in [-0.2, 0) is 14.8 Å². The third kappa shape index (κ3) is 4.43. The monoisotopic (exact) mass is 336 g/mol. The molecule has 0 spiro atoms. The molecule has 1 aromatic heterocycles. The lowest BCUT2D eigenvalue weighted by atomic mass is 10.3. The van der Waals surface area contributed by atoms with Gasteiger partial charge in [-0.05, 0) is 42.8 Å². The van der Waals surface area contributed by atoms with E-state index >= 15 is 0 Å². The van der Waals surface area contributed by atoms with Crippen LogP contribution in [0, 0.1) is 0 Å². The Balaban J connectivity index is 2.07. The highest BCUT2D eigenvalue weighted by Crippen LogP contribution is 2.15. The number of rotatable bonds is 6. The van der Waals surface area contributed by atoms with Gasteiger partial charge in [-0.15, -0.1) is 0 Å². The number of hydrogen-bond acceptors (Lipinski definition) is 5. The van der Waals surface area contributed by atoms with Crippen LogP contribution in [-0.4, -0.2) is 20.2 Å². The van der Waals surface area contributed by atoms with Gasteiger partial charge in [0.1, 0.15) is 0 Å². The molecule has 0 aliphatic heterocycles. The lowest BCUT2D eigenvalue weighted by Crippen LogP contribution is -2.30. The van der Waals surface area contributed by atoms with Crippen molar-refractivity contribution in [2.24, 2.45) is 0 Å². The zero-order chi connectivity index (χ0) is 16.9. The van der Waals surface area contributed by atoms with E-state index in [0.717, 1.165) is 0 Å². The van der Waals surface area contributed by atoms with Crippen LogP contribution in [0.4, 0.5) is 5.69 Å². The summed E-state index contributed by atoms with van der Waals surface area (Å²) in [5.41, 5.74) is 0.408. The zero-order valence-corrected chi connectivity index (χ0v) is 13.2. The number of furan rings is 1. The highest BCUT2D eigenvalue weighted by molar-refractivity contribution is 7.90. The SMILES string of the molecule is CCCC(=O)NS(=O)(=O)c1ccc(NC(=O)c2ccco2)cc1. The molecule has 0 fully saturated rings. The molecule has 0 aliphatic carbocycles. The molecule has 2 N–H and O–H groups in total. The molecule has 0 atom stereocenters. The van der Waals surface area contributed by atoms with Crippen molar-refractivity contribution in [3.05, 3.63) is 48.4 Å². The first-order valence-electron chi connectivity index (χ1n) is 6.93. The Hall–Kier alpha value is -2.61. The van der Waals surface area contributed by atoms with Crippen molar-refractivity contribution in [1.29, 1.82) is 0 Å². The summed E-state index contributed by atoms with van der Waals surface area (Å²) in [6.07, 6.45) is 2.07. The fourth-order valence-electron chi connectivity index (χ4n) is 1.80. The summed E-state index contributed by atoms with van der Waals surface area (Å²) in [5, 5.41) is 2.57. The lowest BCUT2D eigenvalue weighted by molar-refractivity contribution is -0.119. The molecule has 0 bridgehead atoms. The van der Waals surface area contributed by atoms with Crippen LogP contribution < -0.4 is 10.0 Å². The Morgan fingerprint density at radius 1 is 1.13 bits per heavy atom. The molecule has 1 aromatic carbocycles. The van der Waals surface area contributed by atoms with Gasteiger partial charge in [0, 0.05) is 12.1 Å². The minimum atomic E-state index is -3.90. The molecule has 23 heavy (non-hydrogen) atoms. The minimum absolute atomic E-state index is 0.0575. The van der Waals surface area contributed by atoms with E-state index in [4.69, 9.17) is 4.42 Å². The highest BCUT2D eigenvalue weighted by atomic mass is 32.2. The smallest absolute Gasteiger partial charge is 0.291 e. The number of nitrogens with one attached hydrogen (secondary N) is 2. The van der Waals surface area contributed by atoms with Crippen molar-refractivity contribution < 1.29 is 22.4 Å². The van der Waals surface area contributed by atoms with Gasteiger partial charge in [-0.1, -0.05) is 6.92 Å². The fourth-order valence-corrected chi connectivity index (χ4v) is 2.82. The van der Waals surface area contributed by atoms with Gasteiger partial charge in [0.05, 0.1) is 11.2 Å². The van der Waals surface area contributed by atoms with Crippen LogP contribution in [0.15, 0.2) is 52.0 Å². The number of hydrogen-bond donors (Lipinski definition) is 2. The molecule has 2 amide bonds. The first kappa shape index (κ1) is 16.8. The summed E-state index contributed by atoms with van der Waals surface area (Å²) in [4.78, 5) is 23.2. The third-order valence-electron chi connectivity index (χ3n) is 2.89. The van der Waals surface area contributed by atoms with E-state index in [0.29, 0.717) is 12.1 Å². The van der Waals surface area contributed by atoms with Crippen LogP contribution in [0.25, 0.3) is 0 Å². The Labute approximate surface area is 133 Å². The number of benzene rings is 1. The van der Waals surface area contributed by atoms with Gasteiger partial charge in [-0.2, -0.15) is 0 Å². The van der Waals surface area contributed by atoms with Crippen molar-refractivity contribution in [2.45, 2.75) is 24.7 Å². The first-order valence-corrected chi connectivity index (χ1v) is 8.41. The van der Waals surface area contributed by atoms with Gasteiger partial charge >= 0.3 is 0 Å². The van der Waals surface area contributed by atoms with Gasteiger partial charge < -0.3 is 9.73 Å². The van der Waals surface area contributed by atoms with Crippen LogP contribution in [0.1, 0.15) is 30.3 Å². The Morgan fingerprint density at radius 3 is 2.39 bits per heavy atom. The maximum Gasteiger partial charge on any atom is 0.291 e. The summed E-state index contributed by atoms with van der Waals surface area (Å²) in [6.45, 7) is 1.78. The fraction of sp³-hybridized carbons (Fsp3) is 0.200. The second kappa shape index (κ2) is 7.10. The number of carbonyl (C=O) groups is 2. The molecule has 0 saturated carbocycles. The molecule has 1 heterocycles. The molecule has 2 aromatic rings. The summed E-state index contributed by atoms with van der Waals surface area (Å²) in [7, 11) is -3.90. The predicted octanol–water partition coefficient (Wildman–Crippen LogP) is 2.14. The van der Waals surface area contributed by atoms with E-state index < -0.39 is 21.8 Å². The van der Waals surface area contributed by atoms with Crippen molar-refractivity contribution in [1.82, 2.24) is 4.72 Å². The molecule has 0 radical (unpaired) electrons. The predicted molar refractivity (Wildman–Crippen MR) is 83.3 cm³/mol. The van der Waals surface area contributed by atoms with E-state index in [2.05, 4.69) is 5.32 Å². The van der Waals surface area contributed by atoms with E-state index in [9.17, 15) is 18.0 Å². The number of sulfonamides is 1. The second-order valence-corrected chi connectivity index (χ2v) is 6.42. The van der Waals surface area contributed by atoms with E-state index in [1.807, 2.05) is 4.72 Å². The van der Waals surface area contributed by atoms with Crippen LogP contribution in [0.2, 0.25) is 0 Å². The van der Waals surface area contributed by atoms with E-state index in [1.54, 1.807) is 13.0 Å². The average molecular weight is 336 g/mol. The first-order chi connectivity index (χ1) is 10.9. The third-order valence-corrected chi connectivity index (χ3v) is 4.28. The Morgan fingerprint density at radius 2 is 1.83 bits per heavy atom. The average Bonchev–Trinajstić information content (AvgIpc) is 3.01. The van der Waals surface area contributed by atoms with Crippen molar-refractivity contribution in [3.8, 4) is 0 Å². The quantitative estimate of drug-likeness (QED) is 0.840. The largest absolute Gasteiger partial charge is 0.459 e. The van der Waals surface area contributed by atoms with Crippen molar-refractivity contribution >= 4 is 27.5 Å². The van der Waals surface area contributed by atoms with Crippen LogP contribution in [0.5, 0.6) is 0 Å². The molecule has 0 unspecified atom stereocenters. The van der Waals surface area contributed by atoms with Gasteiger partial charge in [0.15, 0.2) is 5.76 Å². The summed E-state index contributed by atoms with van der Waals surface area (Å²) in [5.74, 6) is -0.849. The van der Waals surface area contributed by atoms with Gasteiger partial charge in [0.25, 0.3) is 15.9 Å². The topological polar surface area (TPSA) is 105 Å². The van der Waals surface area contributed by atoms with Crippen LogP contribution in [0.3, 0.4) is 0 Å². The molecule has 122 valence electrons. The van der Waals surface area contributed by atoms with Crippen molar-refractivity contribution in [2.75, 3.05) is 5.32 Å². The molecule has 8 heteroatoms. The minimum Gasteiger partial charge on any atom is -0.459 e. The maximum atomic E-state index is 12.0. The second-order valence-electron chi connectivity index (χ2n) is 4.73. The molecular weight excluding hydrogens is 320 g/mol. The molecule has 7 nitrogen and oxygen atoms in total. The molecule has 0 saturated heterocycles. The van der Waals surface area contributed by atoms with E-state index in [-0.39, 0.29) is 17.1 Å². The summed E-state index contributed by atoms with van der Waals surface area (Å²) in [6, 6.07) is 8.57. The van der Waals surface area contributed by atoms with Crippen molar-refractivity contribution in [3.63, 3.8) is 0 Å². The molecular formula is C15H16N2O5S. The van der Waals surface area contributed by atoms with Crippen LogP contribution >= 0.6 is 0 Å². The molecule has 2 rings (SSSR count). The standard InChI is InChI=1S/C15H16N2O5S/c1-2-4-14(18)17-23(20,21)12-8-6-11(7-9-12)16-15(19)13-5-3-10-22-13/h3,5-10H,2,4H2,1H3,(H,16,19)(H,17,18). The Bertz CT molecular complexity index is 780. The van der Waals surface area contributed by atoms with Gasteiger partial charge in [0.2, 0.25) is 5.91 Å². The summed E-state index contributed by atoms with van der Waals surface area (Å²) < 4.78 is 31.0. The van der Waals surface area contributed by atoms with Gasteiger partial charge in [-0.3, -0.25) is 9.59 Å². The number of amides is 2. The number of anilines is 1. The summed E-state index contributed by atoms with van der Waals surface area (Å²) >= 11 is 0. The van der Waals surface area contributed by atoms with Gasteiger partial charge in [-0.25, -0.2) is 13.1 Å². The zero-order valence-electron chi connectivity index (χ0n) is 12.4. The molecule has 0 aliphatic rings. The Kier molecular flexibility index (Phi) is 5.17. The highest BCUT2D eigenvalue weighted by Gasteiger charge is 2.17.